The highest BCUT2D eigenvalue weighted by molar-refractivity contribution is 8.14. The van der Waals surface area contributed by atoms with Crippen LogP contribution in [0.3, 0.4) is 0 Å². The lowest BCUT2D eigenvalue weighted by molar-refractivity contribution is 0.227. The van der Waals surface area contributed by atoms with Crippen LogP contribution in [0.1, 0.15) is 5.56 Å². The summed E-state index contributed by atoms with van der Waals surface area (Å²) in [6.07, 6.45) is 0. The molecule has 8 heteroatoms. The van der Waals surface area contributed by atoms with E-state index >= 15 is 0 Å². The molecule has 0 aliphatic carbocycles. The van der Waals surface area contributed by atoms with Gasteiger partial charge in [-0.15, -0.1) is 0 Å². The monoisotopic (exact) mass is 330 g/mol. The number of aromatic nitrogens is 1. The van der Waals surface area contributed by atoms with Crippen molar-refractivity contribution in [1.82, 2.24) is 4.98 Å². The van der Waals surface area contributed by atoms with Crippen LogP contribution in [0.15, 0.2) is 28.6 Å². The molecule has 1 aromatic carbocycles. The zero-order valence-electron chi connectivity index (χ0n) is 9.09. The van der Waals surface area contributed by atoms with Crippen molar-refractivity contribution in [3.8, 4) is 11.8 Å². The molecule has 4 nitrogen and oxygen atoms in total. The summed E-state index contributed by atoms with van der Waals surface area (Å²) in [7, 11) is 0. The maximum absolute atomic E-state index is 11.6. The molecule has 0 aliphatic rings. The summed E-state index contributed by atoms with van der Waals surface area (Å²) >= 11 is 13.3. The Morgan fingerprint density at radius 2 is 2.05 bits per heavy atom. The highest BCUT2D eigenvalue weighted by Gasteiger charge is 2.14. The van der Waals surface area contributed by atoms with E-state index in [1.54, 1.807) is 24.3 Å². The Morgan fingerprint density at radius 3 is 2.58 bits per heavy atom. The number of ether oxygens (including phenoxy) is 1. The lowest BCUT2D eigenvalue weighted by Crippen LogP contribution is -2.00. The summed E-state index contributed by atoms with van der Waals surface area (Å²) in [4.78, 5) is 15.5. The van der Waals surface area contributed by atoms with Crippen molar-refractivity contribution in [2.75, 3.05) is 0 Å². The van der Waals surface area contributed by atoms with Crippen LogP contribution in [0.4, 0.5) is 4.79 Å². The SMILES string of the molecule is N#Cc1ccc(OC(=O)Sc2nc(Cl)c(Cl)s2)cc1. The molecule has 0 saturated heterocycles. The first-order valence-electron chi connectivity index (χ1n) is 4.80. The van der Waals surface area contributed by atoms with Crippen molar-refractivity contribution in [2.24, 2.45) is 0 Å². The molecule has 0 atom stereocenters. The molecule has 0 N–H and O–H groups in total. The maximum Gasteiger partial charge on any atom is 0.379 e. The molecule has 0 radical (unpaired) electrons. The second-order valence-corrected chi connectivity index (χ2v) is 6.28. The van der Waals surface area contributed by atoms with E-state index < -0.39 is 5.30 Å². The number of carbonyl (C=O) groups excluding carboxylic acids is 1. The molecule has 1 aromatic heterocycles. The minimum atomic E-state index is -0.549. The van der Waals surface area contributed by atoms with E-state index in [1.807, 2.05) is 6.07 Å². The van der Waals surface area contributed by atoms with E-state index in [0.29, 0.717) is 20.0 Å². The van der Waals surface area contributed by atoms with Gasteiger partial charge in [0.05, 0.1) is 11.6 Å². The largest absolute Gasteiger partial charge is 0.418 e. The highest BCUT2D eigenvalue weighted by atomic mass is 35.5. The first kappa shape index (κ1) is 14.2. The van der Waals surface area contributed by atoms with Crippen molar-refractivity contribution in [1.29, 1.82) is 5.26 Å². The van der Waals surface area contributed by atoms with Crippen molar-refractivity contribution < 1.29 is 9.53 Å². The Morgan fingerprint density at radius 1 is 1.37 bits per heavy atom. The zero-order valence-corrected chi connectivity index (χ0v) is 12.2. The smallest absolute Gasteiger partial charge is 0.379 e. The van der Waals surface area contributed by atoms with E-state index in [2.05, 4.69) is 4.98 Å². The van der Waals surface area contributed by atoms with Gasteiger partial charge in [-0.05, 0) is 24.3 Å². The predicted molar refractivity (Wildman–Crippen MR) is 75.2 cm³/mol. The summed E-state index contributed by atoms with van der Waals surface area (Å²) in [6, 6.07) is 8.17. The van der Waals surface area contributed by atoms with Gasteiger partial charge in [0.2, 0.25) is 0 Å². The second kappa shape index (κ2) is 6.26. The van der Waals surface area contributed by atoms with Crippen LogP contribution in [0, 0.1) is 11.3 Å². The molecule has 2 rings (SSSR count). The Balaban J connectivity index is 1.99. The third kappa shape index (κ3) is 3.85. The fourth-order valence-electron chi connectivity index (χ4n) is 1.10. The average Bonchev–Trinajstić information content (AvgIpc) is 2.69. The number of hydrogen-bond acceptors (Lipinski definition) is 6. The number of carbonyl (C=O) groups is 1. The molecule has 0 bridgehead atoms. The summed E-state index contributed by atoms with van der Waals surface area (Å²) in [6.45, 7) is 0. The lowest BCUT2D eigenvalue weighted by atomic mass is 10.2. The zero-order chi connectivity index (χ0) is 13.8. The molecule has 0 amide bonds. The van der Waals surface area contributed by atoms with E-state index in [-0.39, 0.29) is 5.15 Å². The fraction of sp³-hybridized carbons (Fsp3) is 0. The minimum Gasteiger partial charge on any atom is -0.418 e. The number of rotatable bonds is 2. The van der Waals surface area contributed by atoms with Gasteiger partial charge < -0.3 is 4.74 Å². The quantitative estimate of drug-likeness (QED) is 0.594. The van der Waals surface area contributed by atoms with Crippen LogP contribution in [0.5, 0.6) is 5.75 Å². The average molecular weight is 331 g/mol. The number of nitriles is 1. The Kier molecular flexibility index (Phi) is 4.66. The van der Waals surface area contributed by atoms with E-state index in [4.69, 9.17) is 33.2 Å². The van der Waals surface area contributed by atoms with Gasteiger partial charge >= 0.3 is 5.30 Å². The molecule has 0 aliphatic heterocycles. The van der Waals surface area contributed by atoms with Gasteiger partial charge in [-0.3, -0.25) is 0 Å². The molecule has 0 unspecified atom stereocenters. The maximum atomic E-state index is 11.6. The third-order valence-corrected chi connectivity index (χ3v) is 4.43. The second-order valence-electron chi connectivity index (χ2n) is 3.13. The number of halogens is 2. The van der Waals surface area contributed by atoms with E-state index in [1.165, 1.54) is 0 Å². The van der Waals surface area contributed by atoms with Gasteiger partial charge in [0.15, 0.2) is 9.49 Å². The van der Waals surface area contributed by atoms with Gasteiger partial charge in [0.1, 0.15) is 10.1 Å². The topological polar surface area (TPSA) is 63.0 Å². The summed E-state index contributed by atoms with van der Waals surface area (Å²) in [5.74, 6) is 0.352. The van der Waals surface area contributed by atoms with E-state index in [9.17, 15) is 4.79 Å². The Labute approximate surface area is 126 Å². The van der Waals surface area contributed by atoms with Crippen LogP contribution >= 0.6 is 46.3 Å². The summed E-state index contributed by atoms with van der Waals surface area (Å²) in [5.41, 5.74) is 0.492. The number of benzene rings is 1. The highest BCUT2D eigenvalue weighted by Crippen LogP contribution is 2.34. The first-order chi connectivity index (χ1) is 9.08. The fourth-order valence-corrected chi connectivity index (χ4v) is 3.25. The number of nitrogens with zero attached hydrogens (tertiary/aromatic N) is 2. The molecular formula is C11H4Cl2N2O2S2. The standard InChI is InChI=1S/C11H4Cl2N2O2S2/c12-8-9(13)18-10(15-8)19-11(16)17-7-3-1-6(5-14)2-4-7/h1-4H. The summed E-state index contributed by atoms with van der Waals surface area (Å²) < 4.78 is 5.80. The van der Waals surface area contributed by atoms with Gasteiger partial charge in [0.25, 0.3) is 0 Å². The number of hydrogen-bond donors (Lipinski definition) is 0. The van der Waals surface area contributed by atoms with Gasteiger partial charge in [0, 0.05) is 11.8 Å². The lowest BCUT2D eigenvalue weighted by Gasteiger charge is -2.01. The van der Waals surface area contributed by atoms with Crippen molar-refractivity contribution >= 4 is 51.6 Å². The molecular weight excluding hydrogens is 327 g/mol. The normalized spacial score (nSPS) is 9.95. The van der Waals surface area contributed by atoms with Gasteiger partial charge in [-0.1, -0.05) is 34.5 Å². The molecule has 0 spiro atoms. The van der Waals surface area contributed by atoms with Crippen molar-refractivity contribution in [3.05, 3.63) is 39.3 Å². The van der Waals surface area contributed by atoms with Crippen LogP contribution in [-0.2, 0) is 0 Å². The molecule has 0 fully saturated rings. The van der Waals surface area contributed by atoms with Gasteiger partial charge in [-0.2, -0.15) is 5.26 Å². The van der Waals surface area contributed by atoms with Crippen LogP contribution < -0.4 is 4.74 Å². The number of thioether (sulfide) groups is 1. The molecule has 96 valence electrons. The predicted octanol–water partition coefficient (Wildman–Crippen LogP) is 4.61. The van der Waals surface area contributed by atoms with Gasteiger partial charge in [-0.25, -0.2) is 9.78 Å². The molecule has 19 heavy (non-hydrogen) atoms. The van der Waals surface area contributed by atoms with Crippen molar-refractivity contribution in [3.63, 3.8) is 0 Å². The van der Waals surface area contributed by atoms with Crippen LogP contribution in [0.2, 0.25) is 9.49 Å². The Hall–Kier alpha value is -1.26. The molecule has 0 saturated carbocycles. The first-order valence-corrected chi connectivity index (χ1v) is 7.19. The Bertz CT molecular complexity index is 630. The summed E-state index contributed by atoms with van der Waals surface area (Å²) in [5, 5.41) is 8.26. The number of thiazole rings is 1. The van der Waals surface area contributed by atoms with E-state index in [0.717, 1.165) is 23.1 Å². The van der Waals surface area contributed by atoms with Crippen molar-refractivity contribution in [2.45, 2.75) is 4.34 Å². The van der Waals surface area contributed by atoms with Crippen LogP contribution in [-0.4, -0.2) is 10.3 Å². The van der Waals surface area contributed by atoms with Crippen LogP contribution in [0.25, 0.3) is 0 Å². The molecule has 2 aromatic rings. The third-order valence-electron chi connectivity index (χ3n) is 1.88. The minimum absolute atomic E-state index is 0.167. The molecule has 1 heterocycles.